The van der Waals surface area contributed by atoms with E-state index in [0.717, 1.165) is 25.7 Å². The molecule has 23 heavy (non-hydrogen) atoms. The SMILES string of the molecule is CCOC(=O)C1=C(C)NC(=O)NC1CCCCCCOC(C)=O. The van der Waals surface area contributed by atoms with Crippen LogP contribution in [0.4, 0.5) is 4.79 Å². The van der Waals surface area contributed by atoms with Crippen molar-refractivity contribution in [2.75, 3.05) is 13.2 Å². The molecule has 0 spiro atoms. The highest BCUT2D eigenvalue weighted by atomic mass is 16.5. The van der Waals surface area contributed by atoms with Crippen LogP contribution in [-0.4, -0.2) is 37.2 Å². The molecule has 7 nitrogen and oxygen atoms in total. The second kappa shape index (κ2) is 9.86. The van der Waals surface area contributed by atoms with Gasteiger partial charge in [0.1, 0.15) is 0 Å². The van der Waals surface area contributed by atoms with Crippen LogP contribution in [0.2, 0.25) is 0 Å². The molecule has 1 aliphatic heterocycles. The summed E-state index contributed by atoms with van der Waals surface area (Å²) in [5, 5.41) is 5.38. The van der Waals surface area contributed by atoms with E-state index >= 15 is 0 Å². The van der Waals surface area contributed by atoms with E-state index in [4.69, 9.17) is 9.47 Å². The van der Waals surface area contributed by atoms with E-state index in [1.807, 2.05) is 0 Å². The molecule has 7 heteroatoms. The minimum atomic E-state index is -0.391. The highest BCUT2D eigenvalue weighted by Gasteiger charge is 2.30. The van der Waals surface area contributed by atoms with Gasteiger partial charge in [-0.1, -0.05) is 19.3 Å². The van der Waals surface area contributed by atoms with Crippen LogP contribution in [0.1, 0.15) is 52.9 Å². The third-order valence-corrected chi connectivity index (χ3v) is 3.55. The number of unbranched alkanes of at least 4 members (excludes halogenated alkanes) is 3. The molecule has 0 aromatic rings. The summed E-state index contributed by atoms with van der Waals surface area (Å²) in [6.07, 6.45) is 4.23. The van der Waals surface area contributed by atoms with Crippen LogP contribution in [0.15, 0.2) is 11.3 Å². The van der Waals surface area contributed by atoms with E-state index < -0.39 is 5.97 Å². The number of ether oxygens (including phenoxy) is 2. The first-order valence-corrected chi connectivity index (χ1v) is 8.04. The number of amides is 2. The Morgan fingerprint density at radius 2 is 1.83 bits per heavy atom. The molecule has 0 aromatic carbocycles. The van der Waals surface area contributed by atoms with Gasteiger partial charge in [0.2, 0.25) is 0 Å². The Labute approximate surface area is 136 Å². The summed E-state index contributed by atoms with van der Waals surface area (Å²) in [5.74, 6) is -0.653. The maximum atomic E-state index is 12.0. The summed E-state index contributed by atoms with van der Waals surface area (Å²) >= 11 is 0. The van der Waals surface area contributed by atoms with Crippen molar-refractivity contribution < 1.29 is 23.9 Å². The summed E-state index contributed by atoms with van der Waals surface area (Å²) in [6.45, 7) is 5.59. The minimum Gasteiger partial charge on any atom is -0.466 e. The van der Waals surface area contributed by atoms with Gasteiger partial charge in [-0.2, -0.15) is 0 Å². The molecule has 0 radical (unpaired) electrons. The smallest absolute Gasteiger partial charge is 0.337 e. The summed E-state index contributed by atoms with van der Waals surface area (Å²) in [7, 11) is 0. The second-order valence-corrected chi connectivity index (χ2v) is 5.45. The molecule has 1 rings (SSSR count). The van der Waals surface area contributed by atoms with E-state index in [2.05, 4.69) is 10.6 Å². The Kier molecular flexibility index (Phi) is 8.15. The molecular weight excluding hydrogens is 300 g/mol. The molecule has 0 saturated heterocycles. The van der Waals surface area contributed by atoms with Crippen molar-refractivity contribution >= 4 is 18.0 Å². The monoisotopic (exact) mass is 326 g/mol. The van der Waals surface area contributed by atoms with E-state index in [0.29, 0.717) is 30.9 Å². The Bertz CT molecular complexity index is 473. The lowest BCUT2D eigenvalue weighted by Crippen LogP contribution is -2.49. The molecule has 2 N–H and O–H groups in total. The number of rotatable bonds is 9. The fraction of sp³-hybridized carbons (Fsp3) is 0.688. The number of hydrogen-bond donors (Lipinski definition) is 2. The molecular formula is C16H26N2O5. The van der Waals surface area contributed by atoms with Crippen molar-refractivity contribution in [1.29, 1.82) is 0 Å². The van der Waals surface area contributed by atoms with Gasteiger partial charge >= 0.3 is 18.0 Å². The topological polar surface area (TPSA) is 93.7 Å². The van der Waals surface area contributed by atoms with Crippen LogP contribution in [0, 0.1) is 0 Å². The highest BCUT2D eigenvalue weighted by molar-refractivity contribution is 5.94. The molecule has 2 amide bonds. The molecule has 0 saturated carbocycles. The van der Waals surface area contributed by atoms with Crippen LogP contribution in [-0.2, 0) is 19.1 Å². The number of esters is 2. The molecule has 1 unspecified atom stereocenters. The number of carbonyl (C=O) groups is 3. The first-order valence-electron chi connectivity index (χ1n) is 8.04. The zero-order valence-electron chi connectivity index (χ0n) is 14.1. The highest BCUT2D eigenvalue weighted by Crippen LogP contribution is 2.19. The first kappa shape index (κ1) is 19.0. The second-order valence-electron chi connectivity index (χ2n) is 5.45. The predicted octanol–water partition coefficient (Wildman–Crippen LogP) is 2.02. The minimum absolute atomic E-state index is 0.262. The van der Waals surface area contributed by atoms with Crippen molar-refractivity contribution in [3.05, 3.63) is 11.3 Å². The number of allylic oxidation sites excluding steroid dienone is 1. The zero-order valence-corrected chi connectivity index (χ0v) is 14.1. The van der Waals surface area contributed by atoms with E-state index in [-0.39, 0.29) is 18.0 Å². The van der Waals surface area contributed by atoms with Gasteiger partial charge in [0.15, 0.2) is 0 Å². The quantitative estimate of drug-likeness (QED) is 0.499. The van der Waals surface area contributed by atoms with E-state index in [1.165, 1.54) is 6.92 Å². The lowest BCUT2D eigenvalue weighted by Gasteiger charge is -2.27. The van der Waals surface area contributed by atoms with Gasteiger partial charge in [0, 0.05) is 12.6 Å². The van der Waals surface area contributed by atoms with Crippen LogP contribution in [0.5, 0.6) is 0 Å². The molecule has 130 valence electrons. The molecule has 0 fully saturated rings. The first-order chi connectivity index (χ1) is 11.0. The van der Waals surface area contributed by atoms with Gasteiger partial charge in [-0.15, -0.1) is 0 Å². The Hall–Kier alpha value is -2.05. The summed E-state index contributed by atoms with van der Waals surface area (Å²) in [6, 6.07) is -0.619. The van der Waals surface area contributed by atoms with Gasteiger partial charge in [0.25, 0.3) is 0 Å². The molecule has 0 aromatic heterocycles. The summed E-state index contributed by atoms with van der Waals surface area (Å²) < 4.78 is 9.93. The van der Waals surface area contributed by atoms with Crippen molar-refractivity contribution in [3.8, 4) is 0 Å². The molecule has 1 heterocycles. The Morgan fingerprint density at radius 3 is 2.48 bits per heavy atom. The van der Waals surface area contributed by atoms with E-state index in [9.17, 15) is 14.4 Å². The maximum absolute atomic E-state index is 12.0. The molecule has 0 aliphatic carbocycles. The fourth-order valence-electron chi connectivity index (χ4n) is 2.51. The zero-order chi connectivity index (χ0) is 17.2. The van der Waals surface area contributed by atoms with Crippen molar-refractivity contribution in [3.63, 3.8) is 0 Å². The standard InChI is InChI=1S/C16H26N2O5/c1-4-22-15(20)14-11(2)17-16(21)18-13(14)9-7-5-6-8-10-23-12(3)19/h13H,4-10H2,1-3H3,(H2,17,18,21). The predicted molar refractivity (Wildman–Crippen MR) is 84.5 cm³/mol. The Balaban J connectivity index is 2.43. The van der Waals surface area contributed by atoms with Crippen molar-refractivity contribution in [2.24, 2.45) is 0 Å². The summed E-state index contributed by atoms with van der Waals surface area (Å²) in [5.41, 5.74) is 1.04. The average molecular weight is 326 g/mol. The molecule has 1 atom stereocenters. The third kappa shape index (κ3) is 6.71. The lowest BCUT2D eigenvalue weighted by molar-refractivity contribution is -0.141. The van der Waals surface area contributed by atoms with Crippen LogP contribution < -0.4 is 10.6 Å². The van der Waals surface area contributed by atoms with E-state index in [1.54, 1.807) is 13.8 Å². The third-order valence-electron chi connectivity index (χ3n) is 3.55. The Morgan fingerprint density at radius 1 is 1.13 bits per heavy atom. The van der Waals surface area contributed by atoms with Gasteiger partial charge in [-0.3, -0.25) is 4.79 Å². The molecule has 1 aliphatic rings. The average Bonchev–Trinajstić information content (AvgIpc) is 2.45. The number of urea groups is 1. The van der Waals surface area contributed by atoms with Gasteiger partial charge in [-0.25, -0.2) is 9.59 Å². The summed E-state index contributed by atoms with van der Waals surface area (Å²) in [4.78, 5) is 34.3. The van der Waals surface area contributed by atoms with Crippen LogP contribution in [0.3, 0.4) is 0 Å². The lowest BCUT2D eigenvalue weighted by atomic mass is 9.97. The fourth-order valence-corrected chi connectivity index (χ4v) is 2.51. The molecule has 0 bridgehead atoms. The maximum Gasteiger partial charge on any atom is 0.337 e. The van der Waals surface area contributed by atoms with Crippen LogP contribution in [0.25, 0.3) is 0 Å². The normalized spacial score (nSPS) is 17.3. The van der Waals surface area contributed by atoms with Crippen LogP contribution >= 0.6 is 0 Å². The van der Waals surface area contributed by atoms with Gasteiger partial charge in [-0.05, 0) is 26.7 Å². The van der Waals surface area contributed by atoms with Gasteiger partial charge in [0.05, 0.1) is 24.8 Å². The van der Waals surface area contributed by atoms with Crippen molar-refractivity contribution in [2.45, 2.75) is 58.9 Å². The largest absolute Gasteiger partial charge is 0.466 e. The van der Waals surface area contributed by atoms with Crippen molar-refractivity contribution in [1.82, 2.24) is 10.6 Å². The number of hydrogen-bond acceptors (Lipinski definition) is 5. The number of carbonyl (C=O) groups excluding carboxylic acids is 3. The number of nitrogens with one attached hydrogen (secondary N) is 2. The van der Waals surface area contributed by atoms with Gasteiger partial charge < -0.3 is 20.1 Å².